The highest BCUT2D eigenvalue weighted by Crippen LogP contribution is 2.42. The summed E-state index contributed by atoms with van der Waals surface area (Å²) in [6.45, 7) is 6.85. The molecule has 1 saturated carbocycles. The minimum absolute atomic E-state index is 0.0953. The first-order valence-corrected chi connectivity index (χ1v) is 12.6. The summed E-state index contributed by atoms with van der Waals surface area (Å²) < 4.78 is 7.27. The van der Waals surface area contributed by atoms with Crippen LogP contribution in [0, 0.1) is 11.3 Å². The number of hydrogen-bond acceptors (Lipinski definition) is 2. The van der Waals surface area contributed by atoms with Crippen molar-refractivity contribution in [2.75, 3.05) is 0 Å². The van der Waals surface area contributed by atoms with Crippen LogP contribution in [0.25, 0.3) is 0 Å². The summed E-state index contributed by atoms with van der Waals surface area (Å²) in [6, 6.07) is 24.0. The number of nitriles is 1. The second-order valence-corrected chi connectivity index (χ2v) is 13.4. The molecule has 0 heterocycles. The first-order valence-electron chi connectivity index (χ1n) is 10.7. The molecular weight excluding hydrogens is 358 g/mol. The van der Waals surface area contributed by atoms with Crippen molar-refractivity contribution < 1.29 is 4.43 Å². The third-order valence-electron chi connectivity index (χ3n) is 6.13. The van der Waals surface area contributed by atoms with Gasteiger partial charge in [0.25, 0.3) is 8.32 Å². The number of benzene rings is 2. The van der Waals surface area contributed by atoms with Gasteiger partial charge in [0, 0.05) is 0 Å². The lowest BCUT2D eigenvalue weighted by atomic mass is 9.88. The van der Waals surface area contributed by atoms with E-state index in [9.17, 15) is 5.26 Å². The smallest absolute Gasteiger partial charge is 0.263 e. The summed E-state index contributed by atoms with van der Waals surface area (Å²) >= 11 is 0. The summed E-state index contributed by atoms with van der Waals surface area (Å²) in [7, 11) is -2.69. The first-order chi connectivity index (χ1) is 13.4. The fraction of sp³-hybridized carbons (Fsp3) is 0.480. The van der Waals surface area contributed by atoms with Crippen LogP contribution in [0.1, 0.15) is 65.7 Å². The van der Waals surface area contributed by atoms with Crippen molar-refractivity contribution in [3.63, 3.8) is 0 Å². The predicted octanol–water partition coefficient (Wildman–Crippen LogP) is 5.57. The quantitative estimate of drug-likeness (QED) is 0.638. The molecule has 3 heteroatoms. The van der Waals surface area contributed by atoms with Gasteiger partial charge in [0.15, 0.2) is 0 Å². The van der Waals surface area contributed by atoms with Crippen LogP contribution in [-0.4, -0.2) is 13.9 Å². The molecule has 0 radical (unpaired) electrons. The maximum Gasteiger partial charge on any atom is 0.263 e. The Morgan fingerprint density at radius 2 is 1.21 bits per heavy atom. The fourth-order valence-corrected chi connectivity index (χ4v) is 9.42. The van der Waals surface area contributed by atoms with Crippen molar-refractivity contribution in [3.8, 4) is 6.07 Å². The third kappa shape index (κ3) is 4.09. The van der Waals surface area contributed by atoms with E-state index in [-0.39, 0.29) is 5.04 Å². The molecule has 148 valence electrons. The number of hydrogen-bond donors (Lipinski definition) is 0. The molecule has 0 saturated heterocycles. The van der Waals surface area contributed by atoms with Crippen LogP contribution in [0.4, 0.5) is 0 Å². The lowest BCUT2D eigenvalue weighted by Crippen LogP contribution is -2.69. The molecule has 0 aromatic heterocycles. The van der Waals surface area contributed by atoms with Gasteiger partial charge in [-0.1, -0.05) is 101 Å². The second kappa shape index (κ2) is 8.63. The molecule has 0 aliphatic heterocycles. The van der Waals surface area contributed by atoms with E-state index < -0.39 is 13.9 Å². The molecule has 2 aromatic carbocycles. The molecule has 1 aliphatic carbocycles. The molecular formula is C25H33NOSi. The average molecular weight is 392 g/mol. The van der Waals surface area contributed by atoms with Crippen molar-refractivity contribution in [2.24, 2.45) is 0 Å². The standard InChI is InChI=1S/C25H33NOSi/c1-24(2,3)28(22-15-9-7-10-16-22,23-17-11-8-12-18-23)27-25(21-26)19-13-5-4-6-14-20-25/h7-12,15-18H,4-6,13-14,19-20H2,1-3H3. The van der Waals surface area contributed by atoms with E-state index in [2.05, 4.69) is 87.5 Å². The van der Waals surface area contributed by atoms with E-state index in [1.54, 1.807) is 0 Å². The van der Waals surface area contributed by atoms with E-state index in [1.807, 2.05) is 0 Å². The maximum atomic E-state index is 10.3. The van der Waals surface area contributed by atoms with Crippen LogP contribution in [0.15, 0.2) is 60.7 Å². The Hall–Kier alpha value is -1.89. The molecule has 2 aromatic rings. The van der Waals surface area contributed by atoms with E-state index in [0.717, 1.165) is 25.7 Å². The third-order valence-corrected chi connectivity index (χ3v) is 11.2. The highest BCUT2D eigenvalue weighted by Gasteiger charge is 2.54. The van der Waals surface area contributed by atoms with Crippen molar-refractivity contribution in [1.29, 1.82) is 5.26 Å². The summed E-state index contributed by atoms with van der Waals surface area (Å²) in [5, 5.41) is 12.7. The molecule has 2 nitrogen and oxygen atoms in total. The lowest BCUT2D eigenvalue weighted by molar-refractivity contribution is 0.0850. The second-order valence-electron chi connectivity index (χ2n) is 9.14. The van der Waals surface area contributed by atoms with Crippen LogP contribution in [0.5, 0.6) is 0 Å². The van der Waals surface area contributed by atoms with E-state index in [1.165, 1.54) is 29.6 Å². The van der Waals surface area contributed by atoms with Gasteiger partial charge in [-0.25, -0.2) is 0 Å². The van der Waals surface area contributed by atoms with E-state index >= 15 is 0 Å². The van der Waals surface area contributed by atoms with Gasteiger partial charge in [0.1, 0.15) is 5.60 Å². The summed E-state index contributed by atoms with van der Waals surface area (Å²) in [4.78, 5) is 0. The highest BCUT2D eigenvalue weighted by molar-refractivity contribution is 6.99. The Bertz CT molecular complexity index is 741. The van der Waals surface area contributed by atoms with Gasteiger partial charge in [-0.3, -0.25) is 0 Å². The van der Waals surface area contributed by atoms with E-state index in [0.29, 0.717) is 0 Å². The molecule has 0 bridgehead atoms. The Kier molecular flexibility index (Phi) is 6.42. The molecule has 0 N–H and O–H groups in total. The molecule has 28 heavy (non-hydrogen) atoms. The highest BCUT2D eigenvalue weighted by atomic mass is 28.4. The van der Waals surface area contributed by atoms with Crippen molar-refractivity contribution >= 4 is 18.7 Å². The molecule has 1 fully saturated rings. The zero-order chi connectivity index (χ0) is 20.1. The van der Waals surface area contributed by atoms with Gasteiger partial charge in [-0.15, -0.1) is 0 Å². The van der Waals surface area contributed by atoms with Gasteiger partial charge < -0.3 is 4.43 Å². The Balaban J connectivity index is 2.19. The summed E-state index contributed by atoms with van der Waals surface area (Å²) in [5.74, 6) is 0. The molecule has 3 rings (SSSR count). The number of rotatable bonds is 4. The van der Waals surface area contributed by atoms with Crippen LogP contribution in [-0.2, 0) is 4.43 Å². The molecule has 1 aliphatic rings. The van der Waals surface area contributed by atoms with Crippen molar-refractivity contribution in [2.45, 2.75) is 76.4 Å². The molecule has 0 unspecified atom stereocenters. The SMILES string of the molecule is CC(C)(C)[Si](OC1(C#N)CCCCCCC1)(c1ccccc1)c1ccccc1. The average Bonchev–Trinajstić information content (AvgIpc) is 2.68. The zero-order valence-electron chi connectivity index (χ0n) is 17.6. The normalized spacial score (nSPS) is 17.9. The predicted molar refractivity (Wildman–Crippen MR) is 119 cm³/mol. The Labute approximate surface area is 171 Å². The fourth-order valence-electron chi connectivity index (χ4n) is 4.66. The molecule has 0 amide bonds. The van der Waals surface area contributed by atoms with Crippen molar-refractivity contribution in [3.05, 3.63) is 60.7 Å². The summed E-state index contributed by atoms with van der Waals surface area (Å²) in [5.41, 5.74) is -0.689. The topological polar surface area (TPSA) is 33.0 Å². The molecule has 0 atom stereocenters. The van der Waals surface area contributed by atoms with Crippen LogP contribution in [0.2, 0.25) is 5.04 Å². The largest absolute Gasteiger partial charge is 0.389 e. The Morgan fingerprint density at radius 3 is 1.61 bits per heavy atom. The zero-order valence-corrected chi connectivity index (χ0v) is 18.6. The van der Waals surface area contributed by atoms with Gasteiger partial charge in [0.05, 0.1) is 6.07 Å². The lowest BCUT2D eigenvalue weighted by Gasteiger charge is -2.48. The number of nitrogens with zero attached hydrogens (tertiary/aromatic N) is 1. The maximum absolute atomic E-state index is 10.3. The van der Waals surface area contributed by atoms with Gasteiger partial charge >= 0.3 is 0 Å². The Morgan fingerprint density at radius 1 is 0.786 bits per heavy atom. The van der Waals surface area contributed by atoms with Crippen LogP contribution in [0.3, 0.4) is 0 Å². The molecule has 0 spiro atoms. The monoisotopic (exact) mass is 391 g/mol. The van der Waals surface area contributed by atoms with Gasteiger partial charge in [-0.05, 0) is 41.1 Å². The van der Waals surface area contributed by atoms with Gasteiger partial charge in [0.2, 0.25) is 0 Å². The van der Waals surface area contributed by atoms with Crippen molar-refractivity contribution in [1.82, 2.24) is 0 Å². The minimum atomic E-state index is -2.69. The van der Waals surface area contributed by atoms with Crippen LogP contribution < -0.4 is 10.4 Å². The summed E-state index contributed by atoms with van der Waals surface area (Å²) in [6.07, 6.45) is 7.52. The minimum Gasteiger partial charge on any atom is -0.389 e. The van der Waals surface area contributed by atoms with Crippen LogP contribution >= 0.6 is 0 Å². The first kappa shape index (κ1) is 20.8. The van der Waals surface area contributed by atoms with Gasteiger partial charge in [-0.2, -0.15) is 5.26 Å². The van der Waals surface area contributed by atoms with E-state index in [4.69, 9.17) is 4.43 Å².